The summed E-state index contributed by atoms with van der Waals surface area (Å²) in [6.07, 6.45) is -0.642. The number of hydrogen-bond donors (Lipinski definition) is 4. The minimum Gasteiger partial charge on any atom is -0.508 e. The van der Waals surface area contributed by atoms with Crippen molar-refractivity contribution in [2.45, 2.75) is 11.8 Å². The topological polar surface area (TPSA) is 78.5 Å². The molecule has 4 heteroatoms. The van der Waals surface area contributed by atoms with Gasteiger partial charge in [0.05, 0.1) is 0 Å². The first kappa shape index (κ1) is 11.1. The Morgan fingerprint density at radius 2 is 1.83 bits per heavy atom. The van der Waals surface area contributed by atoms with Gasteiger partial charge in [0.1, 0.15) is 17.5 Å². The van der Waals surface area contributed by atoms with Crippen LogP contribution in [0.3, 0.4) is 0 Å². The molecule has 2 aromatic rings. The van der Waals surface area contributed by atoms with E-state index in [1.165, 1.54) is 0 Å². The summed E-state index contributed by atoms with van der Waals surface area (Å²) in [6.45, 7) is 0. The van der Waals surface area contributed by atoms with Crippen LogP contribution in [-0.4, -0.2) is 16.4 Å². The maximum Gasteiger partial charge on any atom is 0.150 e. The van der Waals surface area contributed by atoms with Gasteiger partial charge in [0.2, 0.25) is 0 Å². The van der Waals surface area contributed by atoms with Crippen LogP contribution < -0.4 is 11.1 Å². The monoisotopic (exact) mass is 242 g/mol. The van der Waals surface area contributed by atoms with Gasteiger partial charge in [-0.1, -0.05) is 30.3 Å². The van der Waals surface area contributed by atoms with Crippen LogP contribution >= 0.6 is 0 Å². The van der Waals surface area contributed by atoms with Crippen molar-refractivity contribution in [1.82, 2.24) is 0 Å². The van der Waals surface area contributed by atoms with Gasteiger partial charge in [-0.05, 0) is 23.8 Å². The van der Waals surface area contributed by atoms with Gasteiger partial charge in [0.15, 0.2) is 0 Å². The van der Waals surface area contributed by atoms with Crippen molar-refractivity contribution in [3.63, 3.8) is 0 Å². The normalized spacial score (nSPS) is 25.6. The van der Waals surface area contributed by atoms with Gasteiger partial charge < -0.3 is 21.3 Å². The summed E-state index contributed by atoms with van der Waals surface area (Å²) in [5.74, 6) is 0.110. The van der Waals surface area contributed by atoms with E-state index >= 15 is 0 Å². The zero-order valence-electron chi connectivity index (χ0n) is 9.67. The van der Waals surface area contributed by atoms with E-state index in [9.17, 15) is 10.2 Å². The lowest BCUT2D eigenvalue weighted by atomic mass is 9.86. The predicted molar refractivity (Wildman–Crippen MR) is 69.1 cm³/mol. The summed E-state index contributed by atoms with van der Waals surface area (Å²) in [5, 5.41) is 23.5. The van der Waals surface area contributed by atoms with Gasteiger partial charge in [-0.3, -0.25) is 0 Å². The second-order valence-corrected chi connectivity index (χ2v) is 4.48. The molecule has 0 spiro atoms. The third-order valence-corrected chi connectivity index (χ3v) is 3.39. The van der Waals surface area contributed by atoms with Gasteiger partial charge >= 0.3 is 0 Å². The molecule has 1 aliphatic heterocycles. The van der Waals surface area contributed by atoms with Crippen molar-refractivity contribution in [2.24, 2.45) is 5.73 Å². The third kappa shape index (κ3) is 1.40. The van der Waals surface area contributed by atoms with Crippen molar-refractivity contribution in [2.75, 3.05) is 5.32 Å². The predicted octanol–water partition coefficient (Wildman–Crippen LogP) is 1.34. The Morgan fingerprint density at radius 3 is 2.56 bits per heavy atom. The summed E-state index contributed by atoms with van der Waals surface area (Å²) in [4.78, 5) is 0. The minimum absolute atomic E-state index is 0.110. The lowest BCUT2D eigenvalue weighted by molar-refractivity contribution is 0.0700. The molecular formula is C14H14N2O2. The summed E-state index contributed by atoms with van der Waals surface area (Å²) < 4.78 is 0. The third-order valence-electron chi connectivity index (χ3n) is 3.39. The van der Waals surface area contributed by atoms with E-state index in [4.69, 9.17) is 5.73 Å². The van der Waals surface area contributed by atoms with Gasteiger partial charge in [0, 0.05) is 11.3 Å². The average molecular weight is 242 g/mol. The van der Waals surface area contributed by atoms with Crippen LogP contribution in [0.15, 0.2) is 48.5 Å². The standard InChI is InChI=1S/C14H14N2O2/c15-13-14(18,9-4-2-1-3-5-9)11-8-10(17)6-7-12(11)16-13/h1-8,13,16-18H,15H2. The highest BCUT2D eigenvalue weighted by Crippen LogP contribution is 2.43. The molecular weight excluding hydrogens is 228 g/mol. The molecule has 0 aromatic heterocycles. The van der Waals surface area contributed by atoms with Crippen LogP contribution in [0, 0.1) is 0 Å². The minimum atomic E-state index is -1.32. The highest BCUT2D eigenvalue weighted by Gasteiger charge is 2.45. The summed E-state index contributed by atoms with van der Waals surface area (Å²) >= 11 is 0. The largest absolute Gasteiger partial charge is 0.508 e. The maximum atomic E-state index is 10.9. The molecule has 4 nitrogen and oxygen atoms in total. The van der Waals surface area contributed by atoms with Crippen molar-refractivity contribution in [1.29, 1.82) is 0 Å². The first-order chi connectivity index (χ1) is 8.62. The Bertz CT molecular complexity index is 586. The van der Waals surface area contributed by atoms with Gasteiger partial charge in [0.25, 0.3) is 0 Å². The van der Waals surface area contributed by atoms with Crippen molar-refractivity contribution in [3.05, 3.63) is 59.7 Å². The molecule has 0 aliphatic carbocycles. The molecule has 18 heavy (non-hydrogen) atoms. The number of nitrogens with two attached hydrogens (primary N) is 1. The van der Waals surface area contributed by atoms with Crippen LogP contribution in [0.5, 0.6) is 5.75 Å². The Morgan fingerprint density at radius 1 is 1.11 bits per heavy atom. The van der Waals surface area contributed by atoms with E-state index < -0.39 is 11.8 Å². The maximum absolute atomic E-state index is 10.9. The average Bonchev–Trinajstić information content (AvgIpc) is 2.64. The van der Waals surface area contributed by atoms with Gasteiger partial charge in [-0.2, -0.15) is 0 Å². The first-order valence-electron chi connectivity index (χ1n) is 5.76. The molecule has 5 N–H and O–H groups in total. The Labute approximate surface area is 105 Å². The quantitative estimate of drug-likeness (QED) is 0.569. The molecule has 1 aliphatic rings. The van der Waals surface area contributed by atoms with E-state index in [1.807, 2.05) is 30.3 Å². The first-order valence-corrected chi connectivity index (χ1v) is 5.76. The van der Waals surface area contributed by atoms with Gasteiger partial charge in [-0.25, -0.2) is 0 Å². The van der Waals surface area contributed by atoms with E-state index in [2.05, 4.69) is 5.32 Å². The van der Waals surface area contributed by atoms with Crippen LogP contribution in [0.1, 0.15) is 11.1 Å². The fourth-order valence-corrected chi connectivity index (χ4v) is 2.44. The number of aliphatic hydroxyl groups is 1. The molecule has 92 valence electrons. The highest BCUT2D eigenvalue weighted by molar-refractivity contribution is 5.65. The summed E-state index contributed by atoms with van der Waals surface area (Å²) in [6, 6.07) is 14.0. The van der Waals surface area contributed by atoms with E-state index in [1.54, 1.807) is 18.2 Å². The molecule has 0 radical (unpaired) electrons. The molecule has 2 unspecified atom stereocenters. The van der Waals surface area contributed by atoms with Crippen molar-refractivity contribution < 1.29 is 10.2 Å². The molecule has 2 atom stereocenters. The molecule has 1 heterocycles. The zero-order chi connectivity index (χ0) is 12.8. The molecule has 0 amide bonds. The number of benzene rings is 2. The van der Waals surface area contributed by atoms with E-state index in [0.29, 0.717) is 11.1 Å². The van der Waals surface area contributed by atoms with E-state index in [-0.39, 0.29) is 5.75 Å². The van der Waals surface area contributed by atoms with Crippen LogP contribution in [0.2, 0.25) is 0 Å². The van der Waals surface area contributed by atoms with Crippen molar-refractivity contribution >= 4 is 5.69 Å². The second kappa shape index (κ2) is 3.73. The highest BCUT2D eigenvalue weighted by atomic mass is 16.3. The Hall–Kier alpha value is -2.04. The number of aromatic hydroxyl groups is 1. The lowest BCUT2D eigenvalue weighted by Gasteiger charge is -2.28. The van der Waals surface area contributed by atoms with Gasteiger partial charge in [-0.15, -0.1) is 0 Å². The number of anilines is 1. The smallest absolute Gasteiger partial charge is 0.150 e. The Kier molecular flexibility index (Phi) is 2.29. The molecule has 0 bridgehead atoms. The molecule has 3 rings (SSSR count). The zero-order valence-corrected chi connectivity index (χ0v) is 9.67. The van der Waals surface area contributed by atoms with Crippen LogP contribution in [-0.2, 0) is 5.60 Å². The van der Waals surface area contributed by atoms with Crippen LogP contribution in [0.25, 0.3) is 0 Å². The second-order valence-electron chi connectivity index (χ2n) is 4.48. The number of nitrogens with one attached hydrogen (secondary N) is 1. The number of hydrogen-bond acceptors (Lipinski definition) is 4. The fraction of sp³-hybridized carbons (Fsp3) is 0.143. The fourth-order valence-electron chi connectivity index (χ4n) is 2.44. The molecule has 0 saturated carbocycles. The SMILES string of the molecule is NC1Nc2ccc(O)cc2C1(O)c1ccccc1. The van der Waals surface area contributed by atoms with Crippen LogP contribution in [0.4, 0.5) is 5.69 Å². The molecule has 0 fully saturated rings. The number of rotatable bonds is 1. The number of phenols is 1. The summed E-state index contributed by atoms with van der Waals surface area (Å²) in [7, 11) is 0. The number of fused-ring (bicyclic) bond motifs is 1. The lowest BCUT2D eigenvalue weighted by Crippen LogP contribution is -2.46. The van der Waals surface area contributed by atoms with E-state index in [0.717, 1.165) is 5.69 Å². The summed E-state index contributed by atoms with van der Waals surface area (Å²) in [5.41, 5.74) is 6.72. The van der Waals surface area contributed by atoms with Crippen molar-refractivity contribution in [3.8, 4) is 5.75 Å². The number of phenolic OH excluding ortho intramolecular Hbond substituents is 1. The molecule has 0 saturated heterocycles. The Balaban J connectivity index is 2.21. The molecule has 2 aromatic carbocycles.